The summed E-state index contributed by atoms with van der Waals surface area (Å²) in [6.45, 7) is 3.40. The highest BCUT2D eigenvalue weighted by atomic mass is 32.2. The van der Waals surface area contributed by atoms with Gasteiger partial charge in [0.2, 0.25) is 0 Å². The summed E-state index contributed by atoms with van der Waals surface area (Å²) in [4.78, 5) is 4.58. The van der Waals surface area contributed by atoms with Crippen LogP contribution in [0.4, 0.5) is 0 Å². The highest BCUT2D eigenvalue weighted by molar-refractivity contribution is 7.91. The zero-order chi connectivity index (χ0) is 13.2. The number of hydrogen-bond acceptors (Lipinski definition) is 5. The molecule has 1 unspecified atom stereocenters. The minimum atomic E-state index is -2.87. The first-order chi connectivity index (χ1) is 8.50. The van der Waals surface area contributed by atoms with E-state index < -0.39 is 9.84 Å². The van der Waals surface area contributed by atoms with E-state index in [0.717, 1.165) is 6.54 Å². The Morgan fingerprint density at radius 1 is 1.50 bits per heavy atom. The van der Waals surface area contributed by atoms with Gasteiger partial charge in [-0.2, -0.15) is 0 Å². The van der Waals surface area contributed by atoms with Gasteiger partial charge in [-0.1, -0.05) is 0 Å². The Labute approximate surface area is 112 Å². The molecular formula is C12H19NO3S2. The molecule has 18 heavy (non-hydrogen) atoms. The number of nitrogens with zero attached hydrogens (tertiary/aromatic N) is 1. The fraction of sp³-hybridized carbons (Fsp3) is 0.667. The number of rotatable bonds is 5. The predicted octanol–water partition coefficient (Wildman–Crippen LogP) is 1.04. The molecule has 0 amide bonds. The van der Waals surface area contributed by atoms with E-state index in [0.29, 0.717) is 13.0 Å². The van der Waals surface area contributed by atoms with Crippen LogP contribution in [0.1, 0.15) is 16.2 Å². The lowest BCUT2D eigenvalue weighted by Gasteiger charge is -2.26. The molecule has 0 aliphatic carbocycles. The second-order valence-electron chi connectivity index (χ2n) is 4.76. The third kappa shape index (κ3) is 3.54. The molecule has 2 rings (SSSR count). The molecule has 0 aromatic carbocycles. The molecule has 0 spiro atoms. The Morgan fingerprint density at radius 2 is 2.28 bits per heavy atom. The molecule has 4 nitrogen and oxygen atoms in total. The third-order valence-electron chi connectivity index (χ3n) is 3.27. The molecule has 1 N–H and O–H groups in total. The topological polar surface area (TPSA) is 57.6 Å². The zero-order valence-electron chi connectivity index (χ0n) is 10.5. The van der Waals surface area contributed by atoms with Crippen LogP contribution in [0.5, 0.6) is 0 Å². The van der Waals surface area contributed by atoms with Gasteiger partial charge in [0.1, 0.15) is 0 Å². The molecule has 1 aliphatic rings. The number of hydrogen-bond donors (Lipinski definition) is 1. The van der Waals surface area contributed by atoms with Gasteiger partial charge in [0.25, 0.3) is 0 Å². The van der Waals surface area contributed by atoms with Gasteiger partial charge >= 0.3 is 0 Å². The summed E-state index contributed by atoms with van der Waals surface area (Å²) >= 11 is 1.73. The van der Waals surface area contributed by atoms with Crippen molar-refractivity contribution in [3.8, 4) is 0 Å². The van der Waals surface area contributed by atoms with Crippen molar-refractivity contribution < 1.29 is 13.5 Å². The first kappa shape index (κ1) is 14.0. The van der Waals surface area contributed by atoms with Crippen LogP contribution in [0.15, 0.2) is 12.1 Å². The first-order valence-corrected chi connectivity index (χ1v) is 8.74. The lowest BCUT2D eigenvalue weighted by atomic mass is 10.2. The lowest BCUT2D eigenvalue weighted by Crippen LogP contribution is -2.37. The van der Waals surface area contributed by atoms with E-state index in [-0.39, 0.29) is 24.2 Å². The lowest BCUT2D eigenvalue weighted by molar-refractivity contribution is 0.155. The minimum Gasteiger partial charge on any atom is -0.395 e. The van der Waals surface area contributed by atoms with E-state index in [4.69, 9.17) is 5.11 Å². The number of aryl methyl sites for hydroxylation is 1. The van der Waals surface area contributed by atoms with Crippen LogP contribution in [-0.2, 0) is 16.4 Å². The molecule has 1 aromatic rings. The van der Waals surface area contributed by atoms with Crippen molar-refractivity contribution in [1.82, 2.24) is 4.90 Å². The van der Waals surface area contributed by atoms with Gasteiger partial charge < -0.3 is 5.11 Å². The van der Waals surface area contributed by atoms with Crippen molar-refractivity contribution in [1.29, 1.82) is 0 Å². The van der Waals surface area contributed by atoms with Gasteiger partial charge in [-0.15, -0.1) is 11.3 Å². The summed E-state index contributed by atoms with van der Waals surface area (Å²) in [5.74, 6) is 0.514. The van der Waals surface area contributed by atoms with Gasteiger partial charge in [0.05, 0.1) is 18.1 Å². The molecule has 102 valence electrons. The van der Waals surface area contributed by atoms with E-state index in [9.17, 15) is 8.42 Å². The quantitative estimate of drug-likeness (QED) is 0.880. The highest BCUT2D eigenvalue weighted by Crippen LogP contribution is 2.22. The SMILES string of the molecule is Cc1ccc(CN(CCO)C2CCS(=O)(=O)C2)s1. The summed E-state index contributed by atoms with van der Waals surface area (Å²) in [6.07, 6.45) is 0.687. The van der Waals surface area contributed by atoms with Crippen molar-refractivity contribution in [2.45, 2.75) is 25.9 Å². The van der Waals surface area contributed by atoms with Crippen LogP contribution in [0.25, 0.3) is 0 Å². The van der Waals surface area contributed by atoms with Crippen molar-refractivity contribution in [2.24, 2.45) is 0 Å². The molecule has 1 aromatic heterocycles. The Balaban J connectivity index is 2.04. The minimum absolute atomic E-state index is 0.0598. The summed E-state index contributed by atoms with van der Waals surface area (Å²) < 4.78 is 23.0. The van der Waals surface area contributed by atoms with Crippen molar-refractivity contribution in [2.75, 3.05) is 24.7 Å². The maximum absolute atomic E-state index is 11.5. The summed E-state index contributed by atoms with van der Waals surface area (Å²) in [5.41, 5.74) is 0. The molecule has 1 aliphatic heterocycles. The van der Waals surface area contributed by atoms with E-state index >= 15 is 0 Å². The average Bonchev–Trinajstić information content (AvgIpc) is 2.84. The van der Waals surface area contributed by atoms with Crippen LogP contribution in [0.3, 0.4) is 0 Å². The Bertz CT molecular complexity index is 495. The maximum Gasteiger partial charge on any atom is 0.151 e. The average molecular weight is 289 g/mol. The molecule has 1 atom stereocenters. The zero-order valence-corrected chi connectivity index (χ0v) is 12.1. The Morgan fingerprint density at radius 3 is 2.78 bits per heavy atom. The fourth-order valence-electron chi connectivity index (χ4n) is 2.35. The number of sulfone groups is 1. The van der Waals surface area contributed by atoms with Gasteiger partial charge in [-0.25, -0.2) is 8.42 Å². The molecule has 2 heterocycles. The first-order valence-electron chi connectivity index (χ1n) is 6.11. The molecule has 6 heteroatoms. The third-order valence-corrected chi connectivity index (χ3v) is 6.00. The second kappa shape index (κ2) is 5.69. The second-order valence-corrected chi connectivity index (χ2v) is 8.36. The smallest absolute Gasteiger partial charge is 0.151 e. The maximum atomic E-state index is 11.5. The monoisotopic (exact) mass is 289 g/mol. The largest absolute Gasteiger partial charge is 0.395 e. The van der Waals surface area contributed by atoms with Crippen molar-refractivity contribution >= 4 is 21.2 Å². The van der Waals surface area contributed by atoms with Crippen LogP contribution < -0.4 is 0 Å². The number of aliphatic hydroxyl groups is 1. The van der Waals surface area contributed by atoms with Gasteiger partial charge in [-0.3, -0.25) is 4.90 Å². The van der Waals surface area contributed by atoms with Gasteiger partial charge in [0.15, 0.2) is 9.84 Å². The molecule has 0 radical (unpaired) electrons. The van der Waals surface area contributed by atoms with Crippen LogP contribution >= 0.6 is 11.3 Å². The van der Waals surface area contributed by atoms with E-state index in [1.54, 1.807) is 11.3 Å². The molecular weight excluding hydrogens is 270 g/mol. The highest BCUT2D eigenvalue weighted by Gasteiger charge is 2.32. The van der Waals surface area contributed by atoms with Crippen molar-refractivity contribution in [3.63, 3.8) is 0 Å². The van der Waals surface area contributed by atoms with E-state index in [1.807, 2.05) is 0 Å². The van der Waals surface area contributed by atoms with Gasteiger partial charge in [-0.05, 0) is 25.5 Å². The van der Waals surface area contributed by atoms with Crippen LogP contribution in [-0.4, -0.2) is 49.1 Å². The summed E-state index contributed by atoms with van der Waals surface area (Å²) in [5, 5.41) is 9.12. The number of thiophene rings is 1. The van der Waals surface area contributed by atoms with Crippen molar-refractivity contribution in [3.05, 3.63) is 21.9 Å². The van der Waals surface area contributed by atoms with Crippen LogP contribution in [0, 0.1) is 6.92 Å². The predicted molar refractivity (Wildman–Crippen MR) is 73.6 cm³/mol. The summed E-state index contributed by atoms with van der Waals surface area (Å²) in [6, 6.07) is 4.21. The fourth-order valence-corrected chi connectivity index (χ4v) is 5.03. The van der Waals surface area contributed by atoms with Gasteiger partial charge in [0, 0.05) is 28.9 Å². The van der Waals surface area contributed by atoms with Crippen LogP contribution in [0.2, 0.25) is 0 Å². The molecule has 1 fully saturated rings. The standard InChI is InChI=1S/C12H19NO3S2/c1-10-2-3-12(17-10)8-13(5-6-14)11-4-7-18(15,16)9-11/h2-3,11,14H,4-9H2,1H3. The molecule has 1 saturated heterocycles. The molecule has 0 bridgehead atoms. The Kier molecular flexibility index (Phi) is 4.42. The van der Waals surface area contributed by atoms with E-state index in [2.05, 4.69) is 24.0 Å². The number of aliphatic hydroxyl groups excluding tert-OH is 1. The normalized spacial score (nSPS) is 22.7. The molecule has 0 saturated carbocycles. The summed E-state index contributed by atoms with van der Waals surface area (Å²) in [7, 11) is -2.87. The Hall–Kier alpha value is -0.430. The van der Waals surface area contributed by atoms with E-state index in [1.165, 1.54) is 9.75 Å².